The molecule has 0 unspecified atom stereocenters. The Hall–Kier alpha value is -3.75. The second-order valence-corrected chi connectivity index (χ2v) is 7.81. The van der Waals surface area contributed by atoms with Gasteiger partial charge < -0.3 is 19.1 Å². The Morgan fingerprint density at radius 3 is 2.38 bits per heavy atom. The van der Waals surface area contributed by atoms with Gasteiger partial charge in [0, 0.05) is 24.6 Å². The highest BCUT2D eigenvalue weighted by Gasteiger charge is 2.27. The number of carbonyl (C=O) groups excluding carboxylic acids is 3. The summed E-state index contributed by atoms with van der Waals surface area (Å²) in [5, 5.41) is 0. The minimum absolute atomic E-state index is 0.00698. The number of benzene rings is 2. The molecule has 0 saturated carbocycles. The van der Waals surface area contributed by atoms with E-state index in [0.717, 1.165) is 5.75 Å². The number of nitrogens with one attached hydrogen (secondary N) is 2. The van der Waals surface area contributed by atoms with Crippen LogP contribution in [0.15, 0.2) is 48.5 Å². The lowest BCUT2D eigenvalue weighted by molar-refractivity contribution is -0.136. The van der Waals surface area contributed by atoms with E-state index in [-0.39, 0.29) is 24.2 Å². The van der Waals surface area contributed by atoms with E-state index in [1.54, 1.807) is 23.1 Å². The van der Waals surface area contributed by atoms with Crippen molar-refractivity contribution in [2.75, 3.05) is 33.4 Å². The fourth-order valence-corrected chi connectivity index (χ4v) is 3.70. The summed E-state index contributed by atoms with van der Waals surface area (Å²) in [6.07, 6.45) is 1.35. The molecule has 2 aromatic carbocycles. The van der Waals surface area contributed by atoms with Crippen LogP contribution in [0.1, 0.15) is 36.5 Å². The Balaban J connectivity index is 1.39. The number of amides is 3. The molecule has 0 aliphatic carbocycles. The van der Waals surface area contributed by atoms with Gasteiger partial charge >= 0.3 is 0 Å². The van der Waals surface area contributed by atoms with Crippen molar-refractivity contribution in [1.82, 2.24) is 15.8 Å². The molecule has 0 bridgehead atoms. The number of methoxy groups -OCH3 is 1. The number of carbonyl (C=O) groups is 3. The van der Waals surface area contributed by atoms with E-state index in [1.807, 2.05) is 37.3 Å². The summed E-state index contributed by atoms with van der Waals surface area (Å²) in [5.41, 5.74) is 5.27. The summed E-state index contributed by atoms with van der Waals surface area (Å²) < 4.78 is 16.3. The van der Waals surface area contributed by atoms with Crippen LogP contribution in [0.3, 0.4) is 0 Å². The van der Waals surface area contributed by atoms with Crippen LogP contribution in [-0.4, -0.2) is 56.0 Å². The molecule has 9 nitrogen and oxygen atoms in total. The normalized spacial score (nSPS) is 13.6. The van der Waals surface area contributed by atoms with Gasteiger partial charge in [-0.15, -0.1) is 0 Å². The van der Waals surface area contributed by atoms with Crippen molar-refractivity contribution >= 4 is 17.7 Å². The highest BCUT2D eigenvalue weighted by Crippen LogP contribution is 2.28. The van der Waals surface area contributed by atoms with Crippen LogP contribution in [0.5, 0.6) is 17.2 Å². The number of hydrazine groups is 1. The second kappa shape index (κ2) is 12.5. The highest BCUT2D eigenvalue weighted by atomic mass is 16.5. The number of ether oxygens (including phenoxy) is 3. The number of likely N-dealkylation sites (tertiary alicyclic amines) is 1. The van der Waals surface area contributed by atoms with Crippen LogP contribution in [-0.2, 0) is 9.59 Å². The first-order valence-corrected chi connectivity index (χ1v) is 11.4. The highest BCUT2D eigenvalue weighted by molar-refractivity contribution is 5.96. The van der Waals surface area contributed by atoms with E-state index in [4.69, 9.17) is 14.2 Å². The lowest BCUT2D eigenvalue weighted by atomic mass is 9.96. The minimum Gasteiger partial charge on any atom is -0.493 e. The maximum absolute atomic E-state index is 12.5. The molecule has 0 spiro atoms. The Morgan fingerprint density at radius 1 is 0.971 bits per heavy atom. The van der Waals surface area contributed by atoms with Crippen LogP contribution in [0.4, 0.5) is 0 Å². The maximum Gasteiger partial charge on any atom is 0.269 e. The van der Waals surface area contributed by atoms with E-state index in [9.17, 15) is 14.4 Å². The molecule has 2 N–H and O–H groups in total. The van der Waals surface area contributed by atoms with Crippen molar-refractivity contribution < 1.29 is 28.6 Å². The maximum atomic E-state index is 12.5. The number of rotatable bonds is 9. The molecular formula is C25H31N3O6. The molecule has 182 valence electrons. The second-order valence-electron chi connectivity index (χ2n) is 7.81. The number of nitrogens with zero attached hydrogens (tertiary/aromatic N) is 1. The first-order chi connectivity index (χ1) is 16.5. The molecule has 0 atom stereocenters. The van der Waals surface area contributed by atoms with Gasteiger partial charge in [-0.3, -0.25) is 25.2 Å². The monoisotopic (exact) mass is 469 g/mol. The number of hydrogen-bond donors (Lipinski definition) is 2. The summed E-state index contributed by atoms with van der Waals surface area (Å²) in [6.45, 7) is 3.63. The van der Waals surface area contributed by atoms with Gasteiger partial charge in [0.05, 0.1) is 26.7 Å². The number of piperidine rings is 1. The first-order valence-electron chi connectivity index (χ1n) is 11.4. The largest absolute Gasteiger partial charge is 0.493 e. The molecule has 9 heteroatoms. The lowest BCUT2D eigenvalue weighted by Gasteiger charge is -2.31. The average Bonchev–Trinajstić information content (AvgIpc) is 2.88. The Kier molecular flexibility index (Phi) is 9.13. The molecule has 0 radical (unpaired) electrons. The summed E-state index contributed by atoms with van der Waals surface area (Å²) in [6, 6.07) is 14.2. The number of para-hydroxylation sites is 1. The third-order valence-electron chi connectivity index (χ3n) is 5.57. The molecule has 3 amide bonds. The van der Waals surface area contributed by atoms with Gasteiger partial charge in [0.15, 0.2) is 11.5 Å². The van der Waals surface area contributed by atoms with Gasteiger partial charge in [-0.2, -0.15) is 0 Å². The average molecular weight is 470 g/mol. The van der Waals surface area contributed by atoms with Gasteiger partial charge in [0.2, 0.25) is 11.8 Å². The van der Waals surface area contributed by atoms with Crippen molar-refractivity contribution in [3.63, 3.8) is 0 Å². The van der Waals surface area contributed by atoms with Gasteiger partial charge in [-0.1, -0.05) is 18.2 Å². The molecular weight excluding hydrogens is 438 g/mol. The smallest absolute Gasteiger partial charge is 0.269 e. The van der Waals surface area contributed by atoms with Crippen LogP contribution < -0.4 is 25.1 Å². The lowest BCUT2D eigenvalue weighted by Crippen LogP contribution is -2.48. The third-order valence-corrected chi connectivity index (χ3v) is 5.57. The predicted octanol–water partition coefficient (Wildman–Crippen LogP) is 2.56. The summed E-state index contributed by atoms with van der Waals surface area (Å²) in [4.78, 5) is 39.1. The molecule has 1 saturated heterocycles. The van der Waals surface area contributed by atoms with E-state index in [0.29, 0.717) is 56.2 Å². The molecule has 34 heavy (non-hydrogen) atoms. The Bertz CT molecular complexity index is 974. The quantitative estimate of drug-likeness (QED) is 0.547. The van der Waals surface area contributed by atoms with Crippen molar-refractivity contribution in [3.8, 4) is 17.2 Å². The van der Waals surface area contributed by atoms with Crippen molar-refractivity contribution in [3.05, 3.63) is 54.1 Å². The van der Waals surface area contributed by atoms with Crippen LogP contribution >= 0.6 is 0 Å². The molecule has 1 heterocycles. The molecule has 1 fully saturated rings. The summed E-state index contributed by atoms with van der Waals surface area (Å²) in [5.74, 6) is 0.709. The van der Waals surface area contributed by atoms with Crippen molar-refractivity contribution in [2.24, 2.45) is 5.92 Å². The summed E-state index contributed by atoms with van der Waals surface area (Å²) >= 11 is 0. The predicted molar refractivity (Wildman–Crippen MR) is 126 cm³/mol. The SMILES string of the molecule is CCOc1ccc(C(=O)NNC(=O)C2CCN(C(=O)CCOc3ccccc3)CC2)cc1OC. The Morgan fingerprint density at radius 2 is 1.71 bits per heavy atom. The topological polar surface area (TPSA) is 106 Å². The zero-order valence-corrected chi connectivity index (χ0v) is 19.5. The van der Waals surface area contributed by atoms with Crippen molar-refractivity contribution in [1.29, 1.82) is 0 Å². The first kappa shape index (κ1) is 24.9. The molecule has 1 aliphatic rings. The van der Waals surface area contributed by atoms with Gasteiger partial charge in [0.1, 0.15) is 5.75 Å². The zero-order valence-electron chi connectivity index (χ0n) is 19.5. The van der Waals surface area contributed by atoms with E-state index >= 15 is 0 Å². The van der Waals surface area contributed by atoms with E-state index in [1.165, 1.54) is 7.11 Å². The molecule has 1 aliphatic heterocycles. The van der Waals surface area contributed by atoms with Crippen molar-refractivity contribution in [2.45, 2.75) is 26.2 Å². The van der Waals surface area contributed by atoms with Crippen LogP contribution in [0.2, 0.25) is 0 Å². The van der Waals surface area contributed by atoms with E-state index in [2.05, 4.69) is 10.9 Å². The standard InChI is InChI=1S/C25H31N3O6/c1-3-33-21-10-9-19(17-22(21)32-2)25(31)27-26-24(30)18-11-14-28(15-12-18)23(29)13-16-34-20-7-5-4-6-8-20/h4-10,17-18H,3,11-16H2,1-2H3,(H,26,30)(H,27,31). The van der Waals surface area contributed by atoms with Gasteiger partial charge in [-0.05, 0) is 50.1 Å². The van der Waals surface area contributed by atoms with Gasteiger partial charge in [-0.25, -0.2) is 0 Å². The summed E-state index contributed by atoms with van der Waals surface area (Å²) in [7, 11) is 1.49. The van der Waals surface area contributed by atoms with Crippen LogP contribution in [0.25, 0.3) is 0 Å². The zero-order chi connectivity index (χ0) is 24.3. The fraction of sp³-hybridized carbons (Fsp3) is 0.400. The molecule has 2 aromatic rings. The van der Waals surface area contributed by atoms with Crippen LogP contribution in [0, 0.1) is 5.92 Å². The Labute approximate surface area is 199 Å². The van der Waals surface area contributed by atoms with Gasteiger partial charge in [0.25, 0.3) is 5.91 Å². The molecule has 3 rings (SSSR count). The minimum atomic E-state index is -0.458. The number of hydrogen-bond acceptors (Lipinski definition) is 6. The van der Waals surface area contributed by atoms with E-state index < -0.39 is 5.91 Å². The third kappa shape index (κ3) is 6.87. The fourth-order valence-electron chi connectivity index (χ4n) is 3.70. The molecule has 0 aromatic heterocycles.